The van der Waals surface area contributed by atoms with E-state index in [1.807, 2.05) is 0 Å². The Morgan fingerprint density at radius 1 is 1.25 bits per heavy atom. The fourth-order valence-electron chi connectivity index (χ4n) is 4.24. The predicted molar refractivity (Wildman–Crippen MR) is 110 cm³/mol. The van der Waals surface area contributed by atoms with Gasteiger partial charge >= 0.3 is 5.97 Å². The van der Waals surface area contributed by atoms with Crippen LogP contribution in [-0.4, -0.2) is 63.3 Å². The van der Waals surface area contributed by atoms with Crippen LogP contribution in [0.1, 0.15) is 38.2 Å². The topological polar surface area (TPSA) is 63.2 Å². The minimum absolute atomic E-state index is 0.00952. The van der Waals surface area contributed by atoms with Gasteiger partial charge in [-0.3, -0.25) is 9.79 Å². The summed E-state index contributed by atoms with van der Waals surface area (Å²) in [6.45, 7) is 6.89. The molecule has 0 atom stereocenters. The maximum Gasteiger partial charge on any atom is 0.308 e. The van der Waals surface area contributed by atoms with Crippen LogP contribution in [0.3, 0.4) is 0 Å². The number of ether oxygens (including phenoxy) is 2. The molecule has 1 aromatic carbocycles. The van der Waals surface area contributed by atoms with Crippen molar-refractivity contribution in [1.82, 2.24) is 10.2 Å². The van der Waals surface area contributed by atoms with Crippen molar-refractivity contribution in [3.8, 4) is 0 Å². The second-order valence-electron chi connectivity index (χ2n) is 7.71. The zero-order valence-corrected chi connectivity index (χ0v) is 17.2. The number of hydrogen-bond donors (Lipinski definition) is 1. The molecule has 1 N–H and O–H groups in total. The Morgan fingerprint density at radius 3 is 2.54 bits per heavy atom. The molecule has 2 aliphatic heterocycles. The van der Waals surface area contributed by atoms with E-state index in [0.29, 0.717) is 0 Å². The maximum absolute atomic E-state index is 11.8. The highest BCUT2D eigenvalue weighted by Gasteiger charge is 2.35. The first-order valence-electron chi connectivity index (χ1n) is 10.4. The largest absolute Gasteiger partial charge is 0.469 e. The molecule has 6 nitrogen and oxygen atoms in total. The summed E-state index contributed by atoms with van der Waals surface area (Å²) in [5.41, 5.74) is 1.38. The van der Waals surface area contributed by atoms with Gasteiger partial charge in [0.15, 0.2) is 5.96 Å². The third kappa shape index (κ3) is 4.85. The van der Waals surface area contributed by atoms with E-state index in [9.17, 15) is 4.79 Å². The number of carbonyl (C=O) groups excluding carboxylic acids is 1. The van der Waals surface area contributed by atoms with E-state index in [2.05, 4.69) is 47.5 Å². The average Bonchev–Trinajstić information content (AvgIpc) is 2.77. The van der Waals surface area contributed by atoms with E-state index in [4.69, 9.17) is 14.5 Å². The molecule has 0 radical (unpaired) electrons. The molecule has 2 aliphatic rings. The summed E-state index contributed by atoms with van der Waals surface area (Å²) in [6, 6.07) is 10.7. The van der Waals surface area contributed by atoms with Crippen molar-refractivity contribution in [3.05, 3.63) is 35.9 Å². The first-order chi connectivity index (χ1) is 13.7. The minimum atomic E-state index is -0.0909. The molecule has 0 unspecified atom stereocenters. The van der Waals surface area contributed by atoms with Crippen molar-refractivity contribution in [2.24, 2.45) is 10.9 Å². The summed E-state index contributed by atoms with van der Waals surface area (Å²) >= 11 is 0. The van der Waals surface area contributed by atoms with Gasteiger partial charge in [-0.15, -0.1) is 0 Å². The summed E-state index contributed by atoms with van der Waals surface area (Å²) < 4.78 is 10.6. The molecular weight excluding hydrogens is 354 g/mol. The van der Waals surface area contributed by atoms with Gasteiger partial charge in [-0.25, -0.2) is 0 Å². The number of benzene rings is 1. The molecule has 0 bridgehead atoms. The lowest BCUT2D eigenvalue weighted by molar-refractivity contribution is -0.146. The minimum Gasteiger partial charge on any atom is -0.469 e. The number of nitrogens with one attached hydrogen (secondary N) is 1. The lowest BCUT2D eigenvalue weighted by atomic mass is 9.74. The monoisotopic (exact) mass is 387 g/mol. The predicted octanol–water partition coefficient (Wildman–Crippen LogP) is 2.59. The third-order valence-electron chi connectivity index (χ3n) is 6.03. The van der Waals surface area contributed by atoms with Crippen molar-refractivity contribution < 1.29 is 14.3 Å². The Kier molecular flexibility index (Phi) is 7.31. The van der Waals surface area contributed by atoms with Gasteiger partial charge in [0.2, 0.25) is 0 Å². The van der Waals surface area contributed by atoms with Gasteiger partial charge in [0.05, 0.1) is 19.6 Å². The molecule has 0 amide bonds. The van der Waals surface area contributed by atoms with E-state index < -0.39 is 0 Å². The number of carbonyl (C=O) groups is 1. The zero-order valence-electron chi connectivity index (χ0n) is 17.2. The zero-order chi connectivity index (χ0) is 19.8. The van der Waals surface area contributed by atoms with Crippen molar-refractivity contribution >= 4 is 11.9 Å². The van der Waals surface area contributed by atoms with Crippen LogP contribution in [0.15, 0.2) is 35.3 Å². The quantitative estimate of drug-likeness (QED) is 0.478. The van der Waals surface area contributed by atoms with Crippen LogP contribution in [0.25, 0.3) is 0 Å². The number of nitrogens with zero attached hydrogens (tertiary/aromatic N) is 2. The molecule has 0 aliphatic carbocycles. The maximum atomic E-state index is 11.8. The summed E-state index contributed by atoms with van der Waals surface area (Å²) in [5.74, 6) is 0.870. The second-order valence-corrected chi connectivity index (χ2v) is 7.71. The van der Waals surface area contributed by atoms with Gasteiger partial charge in [0.1, 0.15) is 0 Å². The Hall–Kier alpha value is -2.08. The molecule has 3 rings (SSSR count). The number of hydrogen-bond acceptors (Lipinski definition) is 4. The van der Waals surface area contributed by atoms with E-state index >= 15 is 0 Å². The van der Waals surface area contributed by atoms with Crippen LogP contribution in [0, 0.1) is 5.92 Å². The van der Waals surface area contributed by atoms with E-state index in [1.165, 1.54) is 12.7 Å². The lowest BCUT2D eigenvalue weighted by Gasteiger charge is -2.38. The smallest absolute Gasteiger partial charge is 0.308 e. The highest BCUT2D eigenvalue weighted by atomic mass is 16.5. The van der Waals surface area contributed by atoms with Crippen molar-refractivity contribution in [3.63, 3.8) is 0 Å². The van der Waals surface area contributed by atoms with E-state index in [0.717, 1.165) is 71.0 Å². The number of guanidine groups is 1. The number of aliphatic imine (C=N–C) groups is 1. The number of piperidine rings is 1. The van der Waals surface area contributed by atoms with E-state index in [1.54, 1.807) is 0 Å². The number of likely N-dealkylation sites (tertiary alicyclic amines) is 1. The van der Waals surface area contributed by atoms with Crippen molar-refractivity contribution in [2.45, 2.75) is 38.0 Å². The lowest BCUT2D eigenvalue weighted by Crippen LogP contribution is -2.47. The molecule has 2 saturated heterocycles. The standard InChI is InChI=1S/C22H33N3O3/c1-3-23-21(25-13-9-18(10-14-25)20(26)27-2)24-17-22(11-15-28-16-12-22)19-7-5-4-6-8-19/h4-8,18H,3,9-17H2,1-2H3,(H,23,24). The van der Waals surface area contributed by atoms with Gasteiger partial charge in [-0.05, 0) is 38.2 Å². The van der Waals surface area contributed by atoms with Crippen LogP contribution in [0.4, 0.5) is 0 Å². The molecular formula is C22H33N3O3. The first-order valence-corrected chi connectivity index (χ1v) is 10.4. The summed E-state index contributed by atoms with van der Waals surface area (Å²) in [5, 5.41) is 3.45. The molecule has 0 spiro atoms. The molecule has 2 fully saturated rings. The fourth-order valence-corrected chi connectivity index (χ4v) is 4.24. The Labute approximate surface area is 168 Å². The van der Waals surface area contributed by atoms with Crippen LogP contribution in [-0.2, 0) is 19.7 Å². The van der Waals surface area contributed by atoms with Gasteiger partial charge < -0.3 is 19.7 Å². The first kappa shape index (κ1) is 20.6. The van der Waals surface area contributed by atoms with Crippen LogP contribution in [0.2, 0.25) is 0 Å². The van der Waals surface area contributed by atoms with Crippen molar-refractivity contribution in [1.29, 1.82) is 0 Å². The van der Waals surface area contributed by atoms with Gasteiger partial charge in [-0.1, -0.05) is 30.3 Å². The Balaban J connectivity index is 1.73. The SMILES string of the molecule is CCNC(=NCC1(c2ccccc2)CCOCC1)N1CCC(C(=O)OC)CC1. The molecule has 6 heteroatoms. The molecule has 0 aromatic heterocycles. The Bertz CT molecular complexity index is 648. The van der Waals surface area contributed by atoms with Gasteiger partial charge in [0.25, 0.3) is 0 Å². The third-order valence-corrected chi connectivity index (χ3v) is 6.03. The van der Waals surface area contributed by atoms with Gasteiger partial charge in [0, 0.05) is 38.3 Å². The van der Waals surface area contributed by atoms with Crippen LogP contribution < -0.4 is 5.32 Å². The number of esters is 1. The summed E-state index contributed by atoms with van der Waals surface area (Å²) in [7, 11) is 1.47. The van der Waals surface area contributed by atoms with Crippen LogP contribution in [0.5, 0.6) is 0 Å². The van der Waals surface area contributed by atoms with E-state index in [-0.39, 0.29) is 17.3 Å². The highest BCUT2D eigenvalue weighted by Crippen LogP contribution is 2.35. The molecule has 28 heavy (non-hydrogen) atoms. The normalized spacial score (nSPS) is 20.6. The highest BCUT2D eigenvalue weighted by molar-refractivity contribution is 5.80. The van der Waals surface area contributed by atoms with Gasteiger partial charge in [-0.2, -0.15) is 0 Å². The van der Waals surface area contributed by atoms with Crippen molar-refractivity contribution in [2.75, 3.05) is 46.5 Å². The number of rotatable bonds is 5. The molecule has 2 heterocycles. The second kappa shape index (κ2) is 9.92. The summed E-state index contributed by atoms with van der Waals surface area (Å²) in [6.07, 6.45) is 3.61. The Morgan fingerprint density at radius 2 is 1.93 bits per heavy atom. The number of methoxy groups -OCH3 is 1. The molecule has 1 aromatic rings. The average molecular weight is 388 g/mol. The van der Waals surface area contributed by atoms with Crippen LogP contribution >= 0.6 is 0 Å². The summed E-state index contributed by atoms with van der Waals surface area (Å²) in [4.78, 5) is 19.1. The fraction of sp³-hybridized carbons (Fsp3) is 0.636. The molecule has 0 saturated carbocycles. The molecule has 154 valence electrons.